The summed E-state index contributed by atoms with van der Waals surface area (Å²) in [5.41, 5.74) is 5.41. The molecule has 2 unspecified atom stereocenters. The van der Waals surface area contributed by atoms with Crippen LogP contribution in [0.15, 0.2) is 36.5 Å². The molecule has 89 heavy (non-hydrogen) atoms. The van der Waals surface area contributed by atoms with Gasteiger partial charge in [-0.15, -0.1) is 0 Å². The van der Waals surface area contributed by atoms with Crippen LogP contribution in [0.2, 0.25) is 0 Å². The maximum Gasteiger partial charge on any atom is 0.472 e. The van der Waals surface area contributed by atoms with Crippen molar-refractivity contribution < 1.29 is 37.6 Å². The van der Waals surface area contributed by atoms with Crippen molar-refractivity contribution in [2.45, 2.75) is 431 Å². The van der Waals surface area contributed by atoms with E-state index in [9.17, 15) is 19.0 Å². The molecule has 3 N–H and O–H groups in total. The highest BCUT2D eigenvalue weighted by molar-refractivity contribution is 7.47. The maximum absolute atomic E-state index is 12.8. The van der Waals surface area contributed by atoms with Gasteiger partial charge >= 0.3 is 19.8 Å². The average molecular weight is 1280 g/mol. The number of hydrogen-bond acceptors (Lipinski definition) is 8. The average Bonchev–Trinajstić information content (AvgIpc) is 3.68. The molecule has 0 spiro atoms. The van der Waals surface area contributed by atoms with Crippen LogP contribution in [-0.2, 0) is 32.7 Å². The topological polar surface area (TPSA) is 134 Å². The van der Waals surface area contributed by atoms with Gasteiger partial charge in [0.05, 0.1) is 13.2 Å². The monoisotopic (exact) mass is 1270 g/mol. The first-order chi connectivity index (χ1) is 43.8. The summed E-state index contributed by atoms with van der Waals surface area (Å²) in [5.74, 6) is -0.799. The van der Waals surface area contributed by atoms with Gasteiger partial charge in [0.2, 0.25) is 0 Å². The van der Waals surface area contributed by atoms with E-state index in [1.807, 2.05) is 0 Å². The van der Waals surface area contributed by atoms with Crippen LogP contribution >= 0.6 is 7.82 Å². The van der Waals surface area contributed by atoms with Crippen LogP contribution < -0.4 is 5.73 Å². The number of hydrogen-bond donors (Lipinski definition) is 2. The van der Waals surface area contributed by atoms with E-state index >= 15 is 0 Å². The Morgan fingerprint density at radius 1 is 0.337 bits per heavy atom. The molecular formula is C79H152NO8P. The number of rotatable bonds is 76. The van der Waals surface area contributed by atoms with Gasteiger partial charge in [0.1, 0.15) is 6.61 Å². The fraction of sp³-hybridized carbons (Fsp3) is 0.899. The summed E-state index contributed by atoms with van der Waals surface area (Å²) >= 11 is 0. The molecule has 10 heteroatoms. The lowest BCUT2D eigenvalue weighted by Gasteiger charge is -2.19. The van der Waals surface area contributed by atoms with Crippen LogP contribution in [0.1, 0.15) is 425 Å². The summed E-state index contributed by atoms with van der Waals surface area (Å²) in [7, 11) is -4.39. The summed E-state index contributed by atoms with van der Waals surface area (Å²) in [5, 5.41) is 0. The molecular weight excluding hydrogens is 1120 g/mol. The Kier molecular flexibility index (Phi) is 73.8. The molecule has 9 nitrogen and oxygen atoms in total. The third kappa shape index (κ3) is 75.1. The van der Waals surface area contributed by atoms with Crippen LogP contribution in [0.5, 0.6) is 0 Å². The van der Waals surface area contributed by atoms with Crippen LogP contribution in [0, 0.1) is 0 Å². The zero-order valence-corrected chi connectivity index (χ0v) is 60.3. The molecule has 0 saturated carbocycles. The number of unbranched alkanes of at least 4 members (excludes halogenated alkanes) is 57. The molecule has 0 saturated heterocycles. The van der Waals surface area contributed by atoms with Crippen LogP contribution in [0.3, 0.4) is 0 Å². The largest absolute Gasteiger partial charge is 0.472 e. The predicted molar refractivity (Wildman–Crippen MR) is 386 cm³/mol. The van der Waals surface area contributed by atoms with Gasteiger partial charge in [-0.25, -0.2) is 4.57 Å². The highest BCUT2D eigenvalue weighted by atomic mass is 31.2. The first-order valence-corrected chi connectivity index (χ1v) is 41.0. The SMILES string of the molecule is CCCCCCC/C=C\C/C=C\C/C=C\CCCCCCCCCCCCCCCCCCCCCCCCCCC(=O)OC(COC(=O)CCCCCCCCCCCCCCCCCCCCCCCCCCCCCCC)COP(=O)(O)OCCN. The molecule has 526 valence electrons. The Bertz CT molecular complexity index is 1550. The molecule has 0 aromatic carbocycles. The minimum absolute atomic E-state index is 0.0570. The standard InChI is InChI=1S/C79H152NO8P/c1-3-5-7-9-11-13-15-17-19-21-23-25-27-29-31-33-34-35-36-37-38-39-40-41-42-44-46-48-50-52-54-56-58-60-62-64-66-68-70-72-79(82)88-77(76-87-89(83,84)86-74-73-80)75-85-78(81)71-69-67-65-63-61-59-57-55-53-51-49-47-45-43-32-30-28-26-24-22-20-18-16-14-12-10-8-6-4-2/h15,17,21,23,27,29,77H,3-14,16,18-20,22,24-26,28,30-76,80H2,1-2H3,(H,83,84)/b17-15-,23-21-,29-27-. The summed E-state index contributed by atoms with van der Waals surface area (Å²) < 4.78 is 33.3. The van der Waals surface area contributed by atoms with Gasteiger partial charge in [0.25, 0.3) is 0 Å². The zero-order chi connectivity index (χ0) is 64.4. The molecule has 0 radical (unpaired) electrons. The van der Waals surface area contributed by atoms with Crippen LogP contribution in [0.25, 0.3) is 0 Å². The number of allylic oxidation sites excluding steroid dienone is 6. The zero-order valence-electron chi connectivity index (χ0n) is 59.5. The minimum atomic E-state index is -4.39. The van der Waals surface area contributed by atoms with E-state index in [4.69, 9.17) is 24.3 Å². The molecule has 0 aliphatic carbocycles. The van der Waals surface area contributed by atoms with E-state index in [2.05, 4.69) is 50.3 Å². The van der Waals surface area contributed by atoms with Gasteiger partial charge in [-0.2, -0.15) is 0 Å². The first-order valence-electron chi connectivity index (χ1n) is 39.5. The lowest BCUT2D eigenvalue weighted by molar-refractivity contribution is -0.161. The molecule has 0 fully saturated rings. The van der Waals surface area contributed by atoms with E-state index < -0.39 is 26.5 Å². The second-order valence-electron chi connectivity index (χ2n) is 26.9. The lowest BCUT2D eigenvalue weighted by Crippen LogP contribution is -2.29. The van der Waals surface area contributed by atoms with Crippen molar-refractivity contribution in [1.82, 2.24) is 0 Å². The van der Waals surface area contributed by atoms with Crippen molar-refractivity contribution in [3.05, 3.63) is 36.5 Å². The van der Waals surface area contributed by atoms with Gasteiger partial charge < -0.3 is 20.1 Å². The molecule has 0 amide bonds. The van der Waals surface area contributed by atoms with E-state index in [1.165, 1.54) is 347 Å². The van der Waals surface area contributed by atoms with Gasteiger partial charge in [0.15, 0.2) is 6.10 Å². The summed E-state index contributed by atoms with van der Waals surface area (Å²) in [6.07, 6.45) is 95.7. The van der Waals surface area contributed by atoms with Gasteiger partial charge in [-0.1, -0.05) is 397 Å². The second-order valence-corrected chi connectivity index (χ2v) is 28.4. The quantitative estimate of drug-likeness (QED) is 0.0264. The molecule has 0 aliphatic heterocycles. The van der Waals surface area contributed by atoms with Crippen LogP contribution in [-0.4, -0.2) is 49.3 Å². The predicted octanol–water partition coefficient (Wildman–Crippen LogP) is 26.2. The smallest absolute Gasteiger partial charge is 0.462 e. The van der Waals surface area contributed by atoms with E-state index in [0.29, 0.717) is 6.42 Å². The maximum atomic E-state index is 12.8. The normalized spacial score (nSPS) is 13.0. The molecule has 0 rings (SSSR count). The van der Waals surface area contributed by atoms with Crippen molar-refractivity contribution in [1.29, 1.82) is 0 Å². The van der Waals surface area contributed by atoms with Crippen molar-refractivity contribution in [2.75, 3.05) is 26.4 Å². The second kappa shape index (κ2) is 75.3. The van der Waals surface area contributed by atoms with Gasteiger partial charge in [-0.3, -0.25) is 18.6 Å². The third-order valence-corrected chi connectivity index (χ3v) is 19.0. The number of phosphoric ester groups is 1. The fourth-order valence-corrected chi connectivity index (χ4v) is 12.9. The summed E-state index contributed by atoms with van der Waals surface area (Å²) in [4.78, 5) is 35.4. The molecule has 0 aliphatic rings. The number of esters is 2. The first kappa shape index (κ1) is 87.2. The van der Waals surface area contributed by atoms with Crippen molar-refractivity contribution in [3.8, 4) is 0 Å². The molecule has 0 bridgehead atoms. The van der Waals surface area contributed by atoms with Gasteiger partial charge in [0, 0.05) is 19.4 Å². The highest BCUT2D eigenvalue weighted by Gasteiger charge is 2.26. The number of nitrogens with two attached hydrogens (primary N) is 1. The molecule has 2 atom stereocenters. The number of carbonyl (C=O) groups is 2. The third-order valence-electron chi connectivity index (χ3n) is 18.0. The summed E-state index contributed by atoms with van der Waals surface area (Å²) in [6.45, 7) is 3.82. The van der Waals surface area contributed by atoms with Crippen LogP contribution in [0.4, 0.5) is 0 Å². The number of phosphoric acid groups is 1. The highest BCUT2D eigenvalue weighted by Crippen LogP contribution is 2.43. The molecule has 0 aromatic heterocycles. The van der Waals surface area contributed by atoms with Crippen molar-refractivity contribution in [3.63, 3.8) is 0 Å². The Balaban J connectivity index is 3.75. The van der Waals surface area contributed by atoms with Crippen molar-refractivity contribution in [2.24, 2.45) is 5.73 Å². The molecule has 0 heterocycles. The molecule has 0 aromatic rings. The van der Waals surface area contributed by atoms with E-state index in [1.54, 1.807) is 0 Å². The Morgan fingerprint density at radius 2 is 0.584 bits per heavy atom. The van der Waals surface area contributed by atoms with E-state index in [0.717, 1.165) is 44.9 Å². The van der Waals surface area contributed by atoms with Gasteiger partial charge in [-0.05, 0) is 51.4 Å². The Morgan fingerprint density at radius 3 is 0.865 bits per heavy atom. The fourth-order valence-electron chi connectivity index (χ4n) is 12.2. The Hall–Kier alpha value is -1.77. The number of carbonyl (C=O) groups excluding carboxylic acids is 2. The lowest BCUT2D eigenvalue weighted by atomic mass is 10.0. The summed E-state index contributed by atoms with van der Waals surface area (Å²) in [6, 6.07) is 0. The van der Waals surface area contributed by atoms with Crippen molar-refractivity contribution >= 4 is 19.8 Å². The number of ether oxygens (including phenoxy) is 2. The Labute approximate surface area is 554 Å². The van der Waals surface area contributed by atoms with E-state index in [-0.39, 0.29) is 38.6 Å². The minimum Gasteiger partial charge on any atom is -0.462 e.